The zero-order valence-corrected chi connectivity index (χ0v) is 16.1. The summed E-state index contributed by atoms with van der Waals surface area (Å²) in [4.78, 5) is 15.1. The standard InChI is InChI=1S/C18H22Cl2N2O.ClH/c1-11-14-8-12(19)9-16(20)13(14)2-7-22(11)17(23)15-10-18(15)3-5-21-6-4-18;/h8-9,11,15,21H,2-7,10H2,1H3;1H. The van der Waals surface area contributed by atoms with E-state index in [1.165, 1.54) is 0 Å². The Kier molecular flexibility index (Phi) is 5.10. The molecule has 3 nitrogen and oxygen atoms in total. The van der Waals surface area contributed by atoms with Gasteiger partial charge in [0, 0.05) is 22.5 Å². The molecule has 1 amide bonds. The number of fused-ring (bicyclic) bond motifs is 1. The molecule has 2 aliphatic heterocycles. The highest BCUT2D eigenvalue weighted by molar-refractivity contribution is 6.35. The van der Waals surface area contributed by atoms with Crippen molar-refractivity contribution in [3.05, 3.63) is 33.3 Å². The molecule has 1 spiro atoms. The predicted octanol–water partition coefficient (Wildman–Crippen LogP) is 4.25. The molecule has 0 aromatic heterocycles. The second kappa shape index (κ2) is 6.68. The molecule has 1 aliphatic carbocycles. The molecule has 24 heavy (non-hydrogen) atoms. The average molecular weight is 390 g/mol. The van der Waals surface area contributed by atoms with Gasteiger partial charge in [0.1, 0.15) is 0 Å². The van der Waals surface area contributed by atoms with Crippen LogP contribution >= 0.6 is 35.6 Å². The Morgan fingerprint density at radius 2 is 2.00 bits per heavy atom. The Labute approximate surface area is 159 Å². The molecule has 2 unspecified atom stereocenters. The largest absolute Gasteiger partial charge is 0.335 e. The highest BCUT2D eigenvalue weighted by Crippen LogP contribution is 2.59. The Bertz CT molecular complexity index is 658. The van der Waals surface area contributed by atoms with E-state index >= 15 is 0 Å². The van der Waals surface area contributed by atoms with Crippen LogP contribution in [0.2, 0.25) is 10.0 Å². The number of nitrogens with one attached hydrogen (secondary N) is 1. The van der Waals surface area contributed by atoms with E-state index in [1.807, 2.05) is 6.07 Å². The fraction of sp³-hybridized carbons (Fsp3) is 0.611. The Morgan fingerprint density at radius 3 is 2.71 bits per heavy atom. The number of nitrogens with zero attached hydrogens (tertiary/aromatic N) is 1. The monoisotopic (exact) mass is 388 g/mol. The first-order valence-electron chi connectivity index (χ1n) is 8.51. The first-order chi connectivity index (χ1) is 11.0. The van der Waals surface area contributed by atoms with Crippen molar-refractivity contribution in [2.45, 2.75) is 38.6 Å². The molecule has 1 N–H and O–H groups in total. The highest BCUT2D eigenvalue weighted by atomic mass is 35.5. The normalized spacial score (nSPS) is 27.4. The van der Waals surface area contributed by atoms with Gasteiger partial charge >= 0.3 is 0 Å². The van der Waals surface area contributed by atoms with Gasteiger partial charge in [-0.05, 0) is 74.4 Å². The van der Waals surface area contributed by atoms with Crippen LogP contribution in [0, 0.1) is 11.3 Å². The van der Waals surface area contributed by atoms with Gasteiger partial charge in [0.05, 0.1) is 6.04 Å². The number of carbonyl (C=O) groups is 1. The van der Waals surface area contributed by atoms with E-state index in [2.05, 4.69) is 17.1 Å². The van der Waals surface area contributed by atoms with Crippen LogP contribution in [0.15, 0.2) is 12.1 Å². The van der Waals surface area contributed by atoms with Gasteiger partial charge in [-0.3, -0.25) is 4.79 Å². The maximum absolute atomic E-state index is 13.1. The van der Waals surface area contributed by atoms with Crippen LogP contribution in [-0.4, -0.2) is 30.4 Å². The Hall–Kier alpha value is -0.480. The smallest absolute Gasteiger partial charge is 0.226 e. The Balaban J connectivity index is 0.00000169. The third kappa shape index (κ3) is 2.94. The molecule has 3 aliphatic rings. The van der Waals surface area contributed by atoms with Gasteiger partial charge in [0.25, 0.3) is 0 Å². The van der Waals surface area contributed by atoms with Crippen LogP contribution < -0.4 is 5.32 Å². The van der Waals surface area contributed by atoms with Gasteiger partial charge in [-0.1, -0.05) is 23.2 Å². The summed E-state index contributed by atoms with van der Waals surface area (Å²) in [5.74, 6) is 0.560. The van der Waals surface area contributed by atoms with Crippen LogP contribution in [0.5, 0.6) is 0 Å². The zero-order chi connectivity index (χ0) is 16.2. The fourth-order valence-corrected chi connectivity index (χ4v) is 5.13. The van der Waals surface area contributed by atoms with Crippen molar-refractivity contribution in [1.82, 2.24) is 10.2 Å². The minimum atomic E-state index is 0. The maximum Gasteiger partial charge on any atom is 0.226 e. The molecule has 132 valence electrons. The van der Waals surface area contributed by atoms with Crippen molar-refractivity contribution in [3.8, 4) is 0 Å². The third-order valence-electron chi connectivity index (χ3n) is 6.09. The summed E-state index contributed by atoms with van der Waals surface area (Å²) < 4.78 is 0. The molecule has 2 fully saturated rings. The molecule has 0 radical (unpaired) electrons. The number of hydrogen-bond acceptors (Lipinski definition) is 2. The summed E-state index contributed by atoms with van der Waals surface area (Å²) in [6.45, 7) is 4.96. The number of rotatable bonds is 1. The Morgan fingerprint density at radius 1 is 1.29 bits per heavy atom. The molecule has 2 atom stereocenters. The van der Waals surface area contributed by atoms with E-state index in [4.69, 9.17) is 23.2 Å². The average Bonchev–Trinajstić information content (AvgIpc) is 3.21. The second-order valence-corrected chi connectivity index (χ2v) is 8.13. The van der Waals surface area contributed by atoms with Gasteiger partial charge in [0.2, 0.25) is 5.91 Å². The molecule has 1 saturated heterocycles. The molecule has 1 aromatic carbocycles. The fourth-order valence-electron chi connectivity index (χ4n) is 4.53. The van der Waals surface area contributed by atoms with Crippen LogP contribution in [0.4, 0.5) is 0 Å². The number of benzene rings is 1. The summed E-state index contributed by atoms with van der Waals surface area (Å²) in [6, 6.07) is 3.83. The summed E-state index contributed by atoms with van der Waals surface area (Å²) in [7, 11) is 0. The number of halogens is 3. The minimum absolute atomic E-state index is 0. The highest BCUT2D eigenvalue weighted by Gasteiger charge is 2.59. The number of amides is 1. The molecule has 1 aromatic rings. The SMILES string of the molecule is CC1c2cc(Cl)cc(Cl)c2CCN1C(=O)C1CC12CCNCC2.Cl. The van der Waals surface area contributed by atoms with Crippen molar-refractivity contribution in [1.29, 1.82) is 0 Å². The lowest BCUT2D eigenvalue weighted by Crippen LogP contribution is -2.41. The molecular weight excluding hydrogens is 367 g/mol. The lowest BCUT2D eigenvalue weighted by atomic mass is 9.90. The quantitative estimate of drug-likeness (QED) is 0.778. The van der Waals surface area contributed by atoms with Crippen LogP contribution in [-0.2, 0) is 11.2 Å². The number of piperidine rings is 1. The van der Waals surface area contributed by atoms with Crippen LogP contribution in [0.25, 0.3) is 0 Å². The van der Waals surface area contributed by atoms with Crippen molar-refractivity contribution in [2.75, 3.05) is 19.6 Å². The van der Waals surface area contributed by atoms with Gasteiger partial charge in [-0.2, -0.15) is 0 Å². The van der Waals surface area contributed by atoms with Crippen LogP contribution in [0.1, 0.15) is 43.4 Å². The molecular formula is C18H23Cl3N2O. The lowest BCUT2D eigenvalue weighted by Gasteiger charge is -2.37. The van der Waals surface area contributed by atoms with Crippen molar-refractivity contribution < 1.29 is 4.79 Å². The predicted molar refractivity (Wildman–Crippen MR) is 100 cm³/mol. The summed E-state index contributed by atoms with van der Waals surface area (Å²) in [6.07, 6.45) is 4.17. The van der Waals surface area contributed by atoms with Gasteiger partial charge in [-0.25, -0.2) is 0 Å². The first kappa shape index (κ1) is 18.3. The third-order valence-corrected chi connectivity index (χ3v) is 6.64. The van der Waals surface area contributed by atoms with E-state index in [0.717, 1.165) is 61.5 Å². The molecule has 2 heterocycles. The van der Waals surface area contributed by atoms with Gasteiger partial charge in [-0.15, -0.1) is 12.4 Å². The summed E-state index contributed by atoms with van der Waals surface area (Å²) >= 11 is 12.5. The first-order valence-corrected chi connectivity index (χ1v) is 9.26. The van der Waals surface area contributed by atoms with E-state index in [-0.39, 0.29) is 29.8 Å². The van der Waals surface area contributed by atoms with Crippen molar-refractivity contribution >= 4 is 41.5 Å². The maximum atomic E-state index is 13.1. The van der Waals surface area contributed by atoms with E-state index in [1.54, 1.807) is 6.07 Å². The molecule has 1 saturated carbocycles. The summed E-state index contributed by atoms with van der Waals surface area (Å²) in [5.41, 5.74) is 2.55. The topological polar surface area (TPSA) is 32.3 Å². The van der Waals surface area contributed by atoms with Crippen molar-refractivity contribution in [2.24, 2.45) is 11.3 Å². The number of hydrogen-bond donors (Lipinski definition) is 1. The minimum Gasteiger partial charge on any atom is -0.335 e. The van der Waals surface area contributed by atoms with E-state index in [9.17, 15) is 4.79 Å². The zero-order valence-electron chi connectivity index (χ0n) is 13.8. The lowest BCUT2D eigenvalue weighted by molar-refractivity contribution is -0.136. The second-order valence-electron chi connectivity index (χ2n) is 7.28. The van der Waals surface area contributed by atoms with Crippen LogP contribution in [0.3, 0.4) is 0 Å². The molecule has 6 heteroatoms. The number of carbonyl (C=O) groups excluding carboxylic acids is 1. The van der Waals surface area contributed by atoms with Crippen molar-refractivity contribution in [3.63, 3.8) is 0 Å². The molecule has 4 rings (SSSR count). The summed E-state index contributed by atoms with van der Waals surface area (Å²) in [5, 5.41) is 4.78. The van der Waals surface area contributed by atoms with E-state index in [0.29, 0.717) is 10.9 Å². The van der Waals surface area contributed by atoms with Gasteiger partial charge in [0.15, 0.2) is 0 Å². The van der Waals surface area contributed by atoms with E-state index < -0.39 is 0 Å². The molecule has 0 bridgehead atoms. The van der Waals surface area contributed by atoms with Gasteiger partial charge < -0.3 is 10.2 Å².